The highest BCUT2D eigenvalue weighted by Crippen LogP contribution is 2.45. The van der Waals surface area contributed by atoms with Crippen molar-refractivity contribution in [2.45, 2.75) is 43.6 Å². The van der Waals surface area contributed by atoms with Gasteiger partial charge in [-0.1, -0.05) is 24.4 Å². The highest BCUT2D eigenvalue weighted by atomic mass is 35.5. The molecule has 3 N–H and O–H groups in total. The lowest BCUT2D eigenvalue weighted by atomic mass is 9.82. The fourth-order valence-corrected chi connectivity index (χ4v) is 5.43. The summed E-state index contributed by atoms with van der Waals surface area (Å²) >= 11 is 6.22. The third kappa shape index (κ3) is 4.33. The highest BCUT2D eigenvalue weighted by molar-refractivity contribution is 6.30. The van der Waals surface area contributed by atoms with Gasteiger partial charge in [0.15, 0.2) is 17.2 Å². The Labute approximate surface area is 205 Å². The summed E-state index contributed by atoms with van der Waals surface area (Å²) in [4.78, 5) is 39.8. The minimum absolute atomic E-state index is 0.0244. The first-order chi connectivity index (χ1) is 16.7. The molecule has 184 valence electrons. The van der Waals surface area contributed by atoms with Crippen LogP contribution in [0.4, 0.5) is 19.3 Å². The maximum absolute atomic E-state index is 15.1. The maximum Gasteiger partial charge on any atom is 0.412 e. The number of benzene rings is 2. The highest BCUT2D eigenvalue weighted by Gasteiger charge is 2.48. The van der Waals surface area contributed by atoms with Crippen molar-refractivity contribution in [1.82, 2.24) is 4.90 Å². The molecule has 5 rings (SSSR count). The number of carbonyl (C=O) groups excluding carboxylic acids is 3. The van der Waals surface area contributed by atoms with Crippen LogP contribution in [-0.2, 0) is 15.1 Å². The Morgan fingerprint density at radius 3 is 2.74 bits per heavy atom. The molecule has 0 bridgehead atoms. The Hall–Kier alpha value is -3.20. The fraction of sp³-hybridized carbons (Fsp3) is 0.400. The molecule has 2 atom stereocenters. The Bertz CT molecular complexity index is 1240. The minimum atomic E-state index is -1.24. The molecule has 3 aliphatic rings. The number of likely N-dealkylation sites (tertiary alicyclic amines) is 1. The van der Waals surface area contributed by atoms with Gasteiger partial charge in [0.05, 0.1) is 18.2 Å². The van der Waals surface area contributed by atoms with Crippen molar-refractivity contribution in [3.05, 3.63) is 63.7 Å². The SMILES string of the molecule is NC(=O)c1ccc(F)c(F)c1[C@H](CC1CC1)C(=O)N1CCC[C@@]2(C1)OC(=O)Nc1ccc(Cl)cc12. The van der Waals surface area contributed by atoms with Crippen LogP contribution in [0, 0.1) is 17.6 Å². The summed E-state index contributed by atoms with van der Waals surface area (Å²) in [6, 6.07) is 6.98. The Balaban J connectivity index is 1.53. The second kappa shape index (κ2) is 8.78. The lowest BCUT2D eigenvalue weighted by molar-refractivity contribution is -0.141. The number of hydrogen-bond donors (Lipinski definition) is 2. The molecule has 0 aromatic heterocycles. The minimum Gasteiger partial charge on any atom is -0.436 e. The molecule has 1 spiro atoms. The zero-order chi connectivity index (χ0) is 24.9. The van der Waals surface area contributed by atoms with E-state index in [-0.39, 0.29) is 30.0 Å². The van der Waals surface area contributed by atoms with E-state index in [1.807, 2.05) is 0 Å². The molecule has 2 aromatic carbocycles. The topological polar surface area (TPSA) is 102 Å². The van der Waals surface area contributed by atoms with E-state index in [0.717, 1.165) is 25.0 Å². The van der Waals surface area contributed by atoms with Crippen LogP contribution in [0.3, 0.4) is 0 Å². The number of nitrogens with zero attached hydrogens (tertiary/aromatic N) is 1. The van der Waals surface area contributed by atoms with Crippen molar-refractivity contribution in [2.75, 3.05) is 18.4 Å². The summed E-state index contributed by atoms with van der Waals surface area (Å²) in [7, 11) is 0. The Morgan fingerprint density at radius 2 is 2.03 bits per heavy atom. The molecule has 1 saturated heterocycles. The first-order valence-electron chi connectivity index (χ1n) is 11.5. The van der Waals surface area contributed by atoms with Crippen LogP contribution in [0.2, 0.25) is 5.02 Å². The van der Waals surface area contributed by atoms with Crippen LogP contribution in [0.1, 0.15) is 59.5 Å². The second-order valence-electron chi connectivity index (χ2n) is 9.48. The van der Waals surface area contributed by atoms with Crippen molar-refractivity contribution in [2.24, 2.45) is 11.7 Å². The van der Waals surface area contributed by atoms with Gasteiger partial charge in [-0.15, -0.1) is 0 Å². The van der Waals surface area contributed by atoms with Crippen LogP contribution in [0.15, 0.2) is 30.3 Å². The molecule has 35 heavy (non-hydrogen) atoms. The van der Waals surface area contributed by atoms with Crippen molar-refractivity contribution >= 4 is 35.2 Å². The molecule has 2 fully saturated rings. The van der Waals surface area contributed by atoms with E-state index in [4.69, 9.17) is 22.1 Å². The van der Waals surface area contributed by atoms with Crippen molar-refractivity contribution < 1.29 is 27.9 Å². The zero-order valence-corrected chi connectivity index (χ0v) is 19.5. The maximum atomic E-state index is 15.1. The quantitative estimate of drug-likeness (QED) is 0.618. The van der Waals surface area contributed by atoms with Crippen molar-refractivity contribution in [3.63, 3.8) is 0 Å². The van der Waals surface area contributed by atoms with Gasteiger partial charge in [-0.3, -0.25) is 14.9 Å². The van der Waals surface area contributed by atoms with Gasteiger partial charge in [-0.2, -0.15) is 0 Å². The number of nitrogens with two attached hydrogens (primary N) is 1. The zero-order valence-electron chi connectivity index (χ0n) is 18.8. The second-order valence-corrected chi connectivity index (χ2v) is 9.92. The molecule has 0 radical (unpaired) electrons. The van der Waals surface area contributed by atoms with E-state index in [9.17, 15) is 18.8 Å². The van der Waals surface area contributed by atoms with Gasteiger partial charge in [-0.05, 0) is 55.5 Å². The number of fused-ring (bicyclic) bond motifs is 2. The predicted molar refractivity (Wildman–Crippen MR) is 124 cm³/mol. The van der Waals surface area contributed by atoms with Gasteiger partial charge in [0.2, 0.25) is 11.8 Å². The summed E-state index contributed by atoms with van der Waals surface area (Å²) in [5, 5.41) is 3.10. The number of hydrogen-bond acceptors (Lipinski definition) is 4. The van der Waals surface area contributed by atoms with Gasteiger partial charge < -0.3 is 15.4 Å². The number of nitrogens with one attached hydrogen (secondary N) is 1. The Morgan fingerprint density at radius 1 is 1.26 bits per heavy atom. The summed E-state index contributed by atoms with van der Waals surface area (Å²) in [5.41, 5.74) is 5.01. The predicted octanol–water partition coefficient (Wildman–Crippen LogP) is 4.68. The Kier molecular flexibility index (Phi) is 5.91. The molecule has 3 amide bonds. The van der Waals surface area contributed by atoms with Crippen LogP contribution in [-0.4, -0.2) is 35.9 Å². The molecular formula is C25H24ClF2N3O4. The first-order valence-corrected chi connectivity index (χ1v) is 11.9. The van der Waals surface area contributed by atoms with Crippen LogP contribution in [0.25, 0.3) is 0 Å². The van der Waals surface area contributed by atoms with Gasteiger partial charge in [0, 0.05) is 28.3 Å². The first kappa shape index (κ1) is 23.5. The van der Waals surface area contributed by atoms with Gasteiger partial charge in [-0.25, -0.2) is 13.6 Å². The molecule has 2 heterocycles. The van der Waals surface area contributed by atoms with E-state index >= 15 is 4.39 Å². The van der Waals surface area contributed by atoms with Gasteiger partial charge in [0.25, 0.3) is 0 Å². The number of amides is 3. The summed E-state index contributed by atoms with van der Waals surface area (Å²) in [6.45, 7) is 0.363. The number of piperidine rings is 1. The number of anilines is 1. The summed E-state index contributed by atoms with van der Waals surface area (Å²) in [6.07, 6.45) is 2.33. The number of halogens is 3. The molecular weight excluding hydrogens is 480 g/mol. The average molecular weight is 504 g/mol. The third-order valence-corrected chi connectivity index (χ3v) is 7.31. The smallest absolute Gasteiger partial charge is 0.412 e. The van der Waals surface area contributed by atoms with Crippen LogP contribution >= 0.6 is 11.6 Å². The van der Waals surface area contributed by atoms with E-state index in [1.54, 1.807) is 18.2 Å². The van der Waals surface area contributed by atoms with E-state index < -0.39 is 41.1 Å². The largest absolute Gasteiger partial charge is 0.436 e. The van der Waals surface area contributed by atoms with E-state index in [2.05, 4.69) is 5.32 Å². The molecule has 1 aliphatic carbocycles. The lowest BCUT2D eigenvalue weighted by Crippen LogP contribution is -2.54. The van der Waals surface area contributed by atoms with E-state index in [0.29, 0.717) is 35.7 Å². The lowest BCUT2D eigenvalue weighted by Gasteiger charge is -2.45. The number of rotatable bonds is 5. The number of ether oxygens (including phenoxy) is 1. The average Bonchev–Trinajstić information content (AvgIpc) is 3.64. The summed E-state index contributed by atoms with van der Waals surface area (Å²) < 4.78 is 35.1. The van der Waals surface area contributed by atoms with Gasteiger partial charge >= 0.3 is 6.09 Å². The molecule has 2 aromatic rings. The standard InChI is InChI=1S/C25H24ClF2N3O4/c26-14-4-7-19-17(11-14)25(35-24(34)30-19)8-1-9-31(12-25)23(33)16(10-13-2-3-13)20-15(22(29)32)5-6-18(27)21(20)28/h4-7,11,13,16H,1-3,8-10,12H2,(H2,29,32)(H,30,34)/t16-,25-/m0/s1. The molecule has 10 heteroatoms. The van der Waals surface area contributed by atoms with Crippen LogP contribution in [0.5, 0.6) is 0 Å². The van der Waals surface area contributed by atoms with Gasteiger partial charge in [0.1, 0.15) is 0 Å². The molecule has 1 saturated carbocycles. The summed E-state index contributed by atoms with van der Waals surface area (Å²) in [5.74, 6) is -4.70. The third-order valence-electron chi connectivity index (χ3n) is 7.07. The monoisotopic (exact) mass is 503 g/mol. The molecule has 7 nitrogen and oxygen atoms in total. The molecule has 0 unspecified atom stereocenters. The van der Waals surface area contributed by atoms with Crippen molar-refractivity contribution in [1.29, 1.82) is 0 Å². The fourth-order valence-electron chi connectivity index (χ4n) is 5.25. The number of primary amides is 1. The molecule has 2 aliphatic heterocycles. The number of carbonyl (C=O) groups is 3. The normalized spacial score (nSPS) is 22.3. The van der Waals surface area contributed by atoms with Crippen LogP contribution < -0.4 is 11.1 Å². The van der Waals surface area contributed by atoms with E-state index in [1.165, 1.54) is 4.90 Å². The van der Waals surface area contributed by atoms with Crippen molar-refractivity contribution in [3.8, 4) is 0 Å².